The Hall–Kier alpha value is -1.35. The van der Waals surface area contributed by atoms with Crippen LogP contribution in [0.5, 0.6) is 5.75 Å². The van der Waals surface area contributed by atoms with Crippen molar-refractivity contribution in [3.8, 4) is 5.75 Å². The van der Waals surface area contributed by atoms with E-state index in [2.05, 4.69) is 11.8 Å². The number of nitrogens with zero attached hydrogens (tertiary/aromatic N) is 1. The molecule has 1 aliphatic heterocycles. The van der Waals surface area contributed by atoms with Crippen LogP contribution in [0.1, 0.15) is 43.5 Å². The molecule has 0 amide bonds. The van der Waals surface area contributed by atoms with Crippen molar-refractivity contribution in [1.29, 1.82) is 0 Å². The molecule has 0 aliphatic carbocycles. The summed E-state index contributed by atoms with van der Waals surface area (Å²) in [7, 11) is 0. The lowest BCUT2D eigenvalue weighted by molar-refractivity contribution is 0.0881. The normalized spacial score (nSPS) is 19.8. The zero-order valence-electron chi connectivity index (χ0n) is 12.6. The van der Waals surface area contributed by atoms with Crippen molar-refractivity contribution in [2.75, 3.05) is 26.2 Å². The number of ketones is 1. The summed E-state index contributed by atoms with van der Waals surface area (Å²) < 4.78 is 5.55. The van der Waals surface area contributed by atoms with E-state index in [4.69, 9.17) is 4.74 Å². The fraction of sp³-hybridized carbons (Fsp3) is 0.588. The average molecular weight is 275 g/mol. The molecule has 0 aromatic heterocycles. The first-order chi connectivity index (χ1) is 9.74. The van der Waals surface area contributed by atoms with Gasteiger partial charge in [0.25, 0.3) is 0 Å². The average Bonchev–Trinajstić information content (AvgIpc) is 2.48. The number of hydrogen-bond donors (Lipinski definition) is 0. The first kappa shape index (κ1) is 15.0. The first-order valence-electron chi connectivity index (χ1n) is 7.72. The molecule has 1 aliphatic rings. The summed E-state index contributed by atoms with van der Waals surface area (Å²) in [4.78, 5) is 14.8. The number of rotatable bonds is 6. The largest absolute Gasteiger partial charge is 0.493 e. The zero-order chi connectivity index (χ0) is 14.4. The lowest BCUT2D eigenvalue weighted by Gasteiger charge is -2.31. The summed E-state index contributed by atoms with van der Waals surface area (Å²) in [5.74, 6) is 1.63. The number of hydrogen-bond acceptors (Lipinski definition) is 3. The summed E-state index contributed by atoms with van der Waals surface area (Å²) in [6.45, 7) is 7.38. The second-order valence-electron chi connectivity index (χ2n) is 5.50. The Labute approximate surface area is 121 Å². The van der Waals surface area contributed by atoms with Gasteiger partial charge in [0.05, 0.1) is 18.7 Å². The third-order valence-corrected chi connectivity index (χ3v) is 4.03. The lowest BCUT2D eigenvalue weighted by atomic mass is 9.95. The number of carbonyl (C=O) groups excluding carboxylic acids is 1. The second-order valence-corrected chi connectivity index (χ2v) is 5.50. The minimum absolute atomic E-state index is 0.172. The van der Waals surface area contributed by atoms with Gasteiger partial charge >= 0.3 is 0 Å². The highest BCUT2D eigenvalue weighted by Gasteiger charge is 2.22. The number of Topliss-reactive ketones (excluding diaryl/α,β-unsaturated/α-hetero) is 1. The maximum absolute atomic E-state index is 12.5. The van der Waals surface area contributed by atoms with Crippen LogP contribution >= 0.6 is 0 Å². The number of para-hydroxylation sites is 1. The van der Waals surface area contributed by atoms with Crippen LogP contribution in [0.25, 0.3) is 0 Å². The maximum Gasteiger partial charge on any atom is 0.180 e. The van der Waals surface area contributed by atoms with E-state index in [1.807, 2.05) is 31.2 Å². The Kier molecular flexibility index (Phi) is 5.60. The minimum atomic E-state index is 0.172. The van der Waals surface area contributed by atoms with E-state index in [0.717, 1.165) is 19.0 Å². The van der Waals surface area contributed by atoms with Crippen LogP contribution in [0.15, 0.2) is 24.3 Å². The van der Waals surface area contributed by atoms with E-state index in [-0.39, 0.29) is 5.78 Å². The molecule has 1 saturated heterocycles. The molecule has 1 atom stereocenters. The van der Waals surface area contributed by atoms with Crippen molar-refractivity contribution in [2.24, 2.45) is 5.92 Å². The van der Waals surface area contributed by atoms with Crippen molar-refractivity contribution >= 4 is 5.78 Å². The van der Waals surface area contributed by atoms with E-state index in [1.165, 1.54) is 19.3 Å². The van der Waals surface area contributed by atoms with Crippen LogP contribution in [-0.4, -0.2) is 36.9 Å². The third-order valence-electron chi connectivity index (χ3n) is 4.03. The molecule has 20 heavy (non-hydrogen) atoms. The molecule has 0 radical (unpaired) electrons. The second kappa shape index (κ2) is 7.44. The number of ether oxygens (including phenoxy) is 1. The van der Waals surface area contributed by atoms with Gasteiger partial charge in [0.15, 0.2) is 5.78 Å². The van der Waals surface area contributed by atoms with Gasteiger partial charge in [-0.3, -0.25) is 9.69 Å². The summed E-state index contributed by atoms with van der Waals surface area (Å²) in [5.41, 5.74) is 0.716. The van der Waals surface area contributed by atoms with Crippen LogP contribution in [0.3, 0.4) is 0 Å². The highest BCUT2D eigenvalue weighted by Crippen LogP contribution is 2.22. The Morgan fingerprint density at radius 3 is 2.90 bits per heavy atom. The molecule has 1 aromatic carbocycles. The quantitative estimate of drug-likeness (QED) is 0.745. The molecule has 0 N–H and O–H groups in total. The van der Waals surface area contributed by atoms with Gasteiger partial charge in [0.1, 0.15) is 5.75 Å². The SMILES string of the molecule is CCOc1ccccc1C(=O)CN1CCCC(CC)C1. The maximum atomic E-state index is 12.5. The first-order valence-corrected chi connectivity index (χ1v) is 7.72. The van der Waals surface area contributed by atoms with E-state index in [1.54, 1.807) is 0 Å². The summed E-state index contributed by atoms with van der Waals surface area (Å²) in [6, 6.07) is 7.56. The van der Waals surface area contributed by atoms with Crippen molar-refractivity contribution in [3.63, 3.8) is 0 Å². The van der Waals surface area contributed by atoms with Crippen LogP contribution in [-0.2, 0) is 0 Å². The Morgan fingerprint density at radius 2 is 2.15 bits per heavy atom. The number of piperidine rings is 1. The van der Waals surface area contributed by atoms with Crippen LogP contribution in [0.2, 0.25) is 0 Å². The summed E-state index contributed by atoms with van der Waals surface area (Å²) >= 11 is 0. The Balaban J connectivity index is 2.01. The number of carbonyl (C=O) groups is 1. The van der Waals surface area contributed by atoms with Crippen LogP contribution < -0.4 is 4.74 Å². The highest BCUT2D eigenvalue weighted by molar-refractivity contribution is 6.00. The van der Waals surface area contributed by atoms with Gasteiger partial charge in [-0.2, -0.15) is 0 Å². The third kappa shape index (κ3) is 3.83. The van der Waals surface area contributed by atoms with Crippen molar-refractivity contribution < 1.29 is 9.53 Å². The van der Waals surface area contributed by atoms with Crippen molar-refractivity contribution in [3.05, 3.63) is 29.8 Å². The molecular weight excluding hydrogens is 250 g/mol. The molecule has 110 valence electrons. The van der Waals surface area contributed by atoms with E-state index in [0.29, 0.717) is 24.5 Å². The standard InChI is InChI=1S/C17H25NO2/c1-3-14-8-7-11-18(12-14)13-16(19)15-9-5-6-10-17(15)20-4-2/h5-6,9-10,14H,3-4,7-8,11-13H2,1-2H3. The van der Waals surface area contributed by atoms with E-state index in [9.17, 15) is 4.79 Å². The molecular formula is C17H25NO2. The Bertz CT molecular complexity index is 444. The molecule has 0 spiro atoms. The van der Waals surface area contributed by atoms with Gasteiger partial charge in [-0.15, -0.1) is 0 Å². The fourth-order valence-corrected chi connectivity index (χ4v) is 2.89. The fourth-order valence-electron chi connectivity index (χ4n) is 2.89. The predicted octanol–water partition coefficient (Wildman–Crippen LogP) is 3.39. The van der Waals surface area contributed by atoms with E-state index < -0.39 is 0 Å². The topological polar surface area (TPSA) is 29.5 Å². The van der Waals surface area contributed by atoms with Gasteiger partial charge in [0.2, 0.25) is 0 Å². The molecule has 3 heteroatoms. The Morgan fingerprint density at radius 1 is 1.35 bits per heavy atom. The summed E-state index contributed by atoms with van der Waals surface area (Å²) in [6.07, 6.45) is 3.72. The van der Waals surface area contributed by atoms with Gasteiger partial charge in [0, 0.05) is 6.54 Å². The predicted molar refractivity (Wildman–Crippen MR) is 81.4 cm³/mol. The zero-order valence-corrected chi connectivity index (χ0v) is 12.6. The lowest BCUT2D eigenvalue weighted by Crippen LogP contribution is -2.38. The van der Waals surface area contributed by atoms with Crippen LogP contribution in [0, 0.1) is 5.92 Å². The van der Waals surface area contributed by atoms with Gasteiger partial charge in [-0.1, -0.05) is 25.5 Å². The smallest absolute Gasteiger partial charge is 0.180 e. The van der Waals surface area contributed by atoms with E-state index >= 15 is 0 Å². The molecule has 1 fully saturated rings. The van der Waals surface area contributed by atoms with Gasteiger partial charge in [-0.05, 0) is 44.4 Å². The molecule has 1 heterocycles. The monoisotopic (exact) mass is 275 g/mol. The highest BCUT2D eigenvalue weighted by atomic mass is 16.5. The van der Waals surface area contributed by atoms with Gasteiger partial charge in [-0.25, -0.2) is 0 Å². The molecule has 3 nitrogen and oxygen atoms in total. The van der Waals surface area contributed by atoms with Crippen LogP contribution in [0.4, 0.5) is 0 Å². The number of likely N-dealkylation sites (tertiary alicyclic amines) is 1. The minimum Gasteiger partial charge on any atom is -0.493 e. The summed E-state index contributed by atoms with van der Waals surface area (Å²) in [5, 5.41) is 0. The molecule has 2 rings (SSSR count). The molecule has 1 aromatic rings. The number of benzene rings is 1. The molecule has 0 bridgehead atoms. The van der Waals surface area contributed by atoms with Gasteiger partial charge < -0.3 is 4.74 Å². The molecule has 1 unspecified atom stereocenters. The van der Waals surface area contributed by atoms with Crippen molar-refractivity contribution in [1.82, 2.24) is 4.90 Å². The van der Waals surface area contributed by atoms with Crippen molar-refractivity contribution in [2.45, 2.75) is 33.1 Å². The molecule has 0 saturated carbocycles.